The van der Waals surface area contributed by atoms with Gasteiger partial charge in [0.25, 0.3) is 0 Å². The van der Waals surface area contributed by atoms with Gasteiger partial charge in [0.15, 0.2) is 0 Å². The van der Waals surface area contributed by atoms with E-state index < -0.39 is 0 Å². The maximum atomic E-state index is 5.19. The summed E-state index contributed by atoms with van der Waals surface area (Å²) in [5.74, 6) is 1.31. The third kappa shape index (κ3) is 10.0. The summed E-state index contributed by atoms with van der Waals surface area (Å²) in [4.78, 5) is 20.3. The van der Waals surface area contributed by atoms with Gasteiger partial charge in [-0.1, -0.05) is 249 Å². The van der Waals surface area contributed by atoms with Crippen LogP contribution in [0.25, 0.3) is 178 Å². The van der Waals surface area contributed by atoms with Crippen molar-refractivity contribution >= 4 is 87.2 Å². The number of hydrogen-bond donors (Lipinski definition) is 0. The summed E-state index contributed by atoms with van der Waals surface area (Å²) in [5, 5.41) is 9.66. The molecule has 0 saturated heterocycles. The van der Waals surface area contributed by atoms with Gasteiger partial charge in [-0.2, -0.15) is 0 Å². The van der Waals surface area contributed by atoms with Gasteiger partial charge in [0.1, 0.15) is 0 Å². The third-order valence-electron chi connectivity index (χ3n) is 19.6. The first-order chi connectivity index (χ1) is 49.6. The van der Waals surface area contributed by atoms with E-state index in [9.17, 15) is 0 Å². The van der Waals surface area contributed by atoms with Gasteiger partial charge in [-0.25, -0.2) is 19.9 Å². The number of benzene rings is 14. The fourth-order valence-electron chi connectivity index (χ4n) is 14.9. The molecule has 0 N–H and O–H groups in total. The molecule has 0 amide bonds. The van der Waals surface area contributed by atoms with E-state index in [1.54, 1.807) is 0 Å². The maximum Gasteiger partial charge on any atom is 0.235 e. The Bertz CT molecular complexity index is 6430. The zero-order valence-electron chi connectivity index (χ0n) is 54.2. The molecule has 0 aliphatic rings. The zero-order chi connectivity index (χ0) is 66.0. The molecule has 0 unspecified atom stereocenters. The SMILES string of the molecule is c1ccc(-c2cc(-c3ccccc3)nc(-n3c4ccccc4c4cc(-c5ccc6c(c5)c5ccccc5n6-c5ccccc5)ccc43)n2)cc1.c1ccc(-c2ccc(-c3ccnc(-n4c5ccccc5c5cc(-c6ccc7c(c6)c6ccccc6n7-c6ccccc6)ccc54)n3)cc2)cc1. The Labute approximate surface area is 576 Å². The number of rotatable bonds is 10. The summed E-state index contributed by atoms with van der Waals surface area (Å²) >= 11 is 0. The molecule has 0 bridgehead atoms. The van der Waals surface area contributed by atoms with Crippen LogP contribution in [0.2, 0.25) is 0 Å². The van der Waals surface area contributed by atoms with Crippen molar-refractivity contribution in [3.63, 3.8) is 0 Å². The summed E-state index contributed by atoms with van der Waals surface area (Å²) in [5.41, 5.74) is 24.4. The van der Waals surface area contributed by atoms with Gasteiger partial charge in [0.05, 0.1) is 61.2 Å². The van der Waals surface area contributed by atoms with Gasteiger partial charge >= 0.3 is 0 Å². The van der Waals surface area contributed by atoms with Gasteiger partial charge in [-0.3, -0.25) is 9.13 Å². The van der Waals surface area contributed by atoms with Crippen LogP contribution in [0.3, 0.4) is 0 Å². The number of hydrogen-bond acceptors (Lipinski definition) is 4. The van der Waals surface area contributed by atoms with Gasteiger partial charge in [0.2, 0.25) is 11.9 Å². The molecule has 0 atom stereocenters. The molecule has 8 nitrogen and oxygen atoms in total. The fourth-order valence-corrected chi connectivity index (χ4v) is 14.9. The zero-order valence-corrected chi connectivity index (χ0v) is 54.2. The van der Waals surface area contributed by atoms with E-state index in [0.717, 1.165) is 67.2 Å². The summed E-state index contributed by atoms with van der Waals surface area (Å²) in [6, 6.07) is 127. The Morgan fingerprint density at radius 3 is 0.840 bits per heavy atom. The molecule has 14 aromatic carbocycles. The Morgan fingerprint density at radius 1 is 0.170 bits per heavy atom. The Hall–Kier alpha value is -13.6. The number of nitrogens with zero attached hydrogens (tertiary/aromatic N) is 8. The smallest absolute Gasteiger partial charge is 0.235 e. The Balaban J connectivity index is 0.000000139. The lowest BCUT2D eigenvalue weighted by molar-refractivity contribution is 0.992. The molecule has 0 fully saturated rings. The second-order valence-corrected chi connectivity index (χ2v) is 25.4. The number of fused-ring (bicyclic) bond motifs is 12. The van der Waals surface area contributed by atoms with Crippen LogP contribution in [-0.4, -0.2) is 38.2 Å². The van der Waals surface area contributed by atoms with Crippen LogP contribution in [-0.2, 0) is 0 Å². The van der Waals surface area contributed by atoms with Crippen molar-refractivity contribution in [2.45, 2.75) is 0 Å². The van der Waals surface area contributed by atoms with E-state index in [4.69, 9.17) is 19.9 Å². The first-order valence-corrected chi connectivity index (χ1v) is 33.8. The normalized spacial score (nSPS) is 11.6. The predicted octanol–water partition coefficient (Wildman–Crippen LogP) is 23.3. The summed E-state index contributed by atoms with van der Waals surface area (Å²) in [7, 11) is 0. The van der Waals surface area contributed by atoms with Crippen LogP contribution in [0.5, 0.6) is 0 Å². The summed E-state index contributed by atoms with van der Waals surface area (Å²) in [6.45, 7) is 0. The fraction of sp³-hybridized carbons (Fsp3) is 0. The molecule has 6 aromatic heterocycles. The lowest BCUT2D eigenvalue weighted by atomic mass is 10.0. The van der Waals surface area contributed by atoms with Crippen molar-refractivity contribution in [1.29, 1.82) is 0 Å². The molecule has 100 heavy (non-hydrogen) atoms. The van der Waals surface area contributed by atoms with Crippen molar-refractivity contribution in [1.82, 2.24) is 38.2 Å². The van der Waals surface area contributed by atoms with Crippen LogP contribution in [0.1, 0.15) is 0 Å². The van der Waals surface area contributed by atoms with E-state index in [-0.39, 0.29) is 0 Å². The van der Waals surface area contributed by atoms with Crippen molar-refractivity contribution in [2.75, 3.05) is 0 Å². The van der Waals surface area contributed by atoms with E-state index in [0.29, 0.717) is 11.9 Å². The quantitative estimate of drug-likeness (QED) is 0.137. The topological polar surface area (TPSA) is 71.3 Å². The predicted molar refractivity (Wildman–Crippen MR) is 414 cm³/mol. The van der Waals surface area contributed by atoms with Crippen LogP contribution >= 0.6 is 0 Å². The molecular weight excluding hydrogens is 1220 g/mol. The monoisotopic (exact) mass is 1280 g/mol. The minimum absolute atomic E-state index is 0.652. The van der Waals surface area contributed by atoms with E-state index in [2.05, 4.69) is 352 Å². The highest BCUT2D eigenvalue weighted by molar-refractivity contribution is 6.15. The molecule has 20 rings (SSSR count). The average molecular weight is 1280 g/mol. The number of aromatic nitrogens is 8. The standard InChI is InChI=1S/2C46H30N4/c1-4-14-31(15-5-1)40-30-41(32-16-6-2-7-17-32)48-46(47-40)50-43-23-13-11-21-37(43)39-29-34(25-27-45(39)50)33-24-26-44-38(28-33)36-20-10-12-22-42(36)49(44)35-18-8-3-9-19-35;1-3-11-31(12-4-1)32-19-21-33(22-20-32)41-27-28-47-46(48-41)50-43-18-10-8-16-38(43)40-30-35(24-26-45(40)50)34-23-25-44-39(29-34)37-15-7-9-17-42(37)49(44)36-13-5-2-6-14-36/h2*1-30H. The second-order valence-electron chi connectivity index (χ2n) is 25.4. The van der Waals surface area contributed by atoms with Crippen LogP contribution in [0.4, 0.5) is 0 Å². The lowest BCUT2D eigenvalue weighted by Gasteiger charge is -2.12. The first-order valence-electron chi connectivity index (χ1n) is 33.8. The molecule has 0 spiro atoms. The van der Waals surface area contributed by atoms with Gasteiger partial charge in [-0.15, -0.1) is 0 Å². The second kappa shape index (κ2) is 24.3. The van der Waals surface area contributed by atoms with E-state index in [1.165, 1.54) is 98.5 Å². The minimum atomic E-state index is 0.652. The van der Waals surface area contributed by atoms with Gasteiger partial charge in [0, 0.05) is 77.4 Å². The van der Waals surface area contributed by atoms with E-state index in [1.807, 2.05) is 30.5 Å². The highest BCUT2D eigenvalue weighted by Crippen LogP contribution is 2.42. The third-order valence-corrected chi connectivity index (χ3v) is 19.6. The number of para-hydroxylation sites is 6. The van der Waals surface area contributed by atoms with Gasteiger partial charge < -0.3 is 9.13 Å². The van der Waals surface area contributed by atoms with E-state index >= 15 is 0 Å². The summed E-state index contributed by atoms with van der Waals surface area (Å²) < 4.78 is 9.12. The maximum absolute atomic E-state index is 5.19. The molecule has 20 aromatic rings. The lowest BCUT2D eigenvalue weighted by Crippen LogP contribution is -2.03. The summed E-state index contributed by atoms with van der Waals surface area (Å²) in [6.07, 6.45) is 1.86. The van der Waals surface area contributed by atoms with Crippen LogP contribution < -0.4 is 0 Å². The van der Waals surface area contributed by atoms with Crippen molar-refractivity contribution < 1.29 is 0 Å². The van der Waals surface area contributed by atoms with Crippen LogP contribution in [0.15, 0.2) is 364 Å². The molecule has 6 heterocycles. The first kappa shape index (κ1) is 57.9. The van der Waals surface area contributed by atoms with Crippen molar-refractivity contribution in [2.24, 2.45) is 0 Å². The largest absolute Gasteiger partial charge is 0.309 e. The highest BCUT2D eigenvalue weighted by atomic mass is 15.2. The molecule has 0 aliphatic carbocycles. The molecule has 468 valence electrons. The van der Waals surface area contributed by atoms with Crippen molar-refractivity contribution in [3.05, 3.63) is 364 Å². The molecule has 8 heteroatoms. The molecule has 0 saturated carbocycles. The Morgan fingerprint density at radius 2 is 0.440 bits per heavy atom. The van der Waals surface area contributed by atoms with Crippen LogP contribution in [0, 0.1) is 0 Å². The minimum Gasteiger partial charge on any atom is -0.309 e. The van der Waals surface area contributed by atoms with Gasteiger partial charge in [-0.05, 0) is 143 Å². The molecular formula is C92H60N8. The molecule has 0 aliphatic heterocycles. The average Bonchev–Trinajstić information content (AvgIpc) is 1.60. The molecule has 0 radical (unpaired) electrons. The Kier molecular flexibility index (Phi) is 14.0. The van der Waals surface area contributed by atoms with Crippen molar-refractivity contribution in [3.8, 4) is 90.4 Å². The highest BCUT2D eigenvalue weighted by Gasteiger charge is 2.22.